The van der Waals surface area contributed by atoms with Gasteiger partial charge in [0, 0.05) is 6.54 Å². The number of nitrogens with two attached hydrogens (primary N) is 2. The largest absolute Gasteiger partial charge is 0.397 e. The van der Waals surface area contributed by atoms with E-state index in [0.717, 1.165) is 0 Å². The van der Waals surface area contributed by atoms with Gasteiger partial charge in [-0.1, -0.05) is 0 Å². The highest BCUT2D eigenvalue weighted by Crippen LogP contribution is 2.14. The van der Waals surface area contributed by atoms with Crippen molar-refractivity contribution in [3.8, 4) is 0 Å². The summed E-state index contributed by atoms with van der Waals surface area (Å²) in [4.78, 5) is 15.1. The number of hydrogen-bond acceptors (Lipinski definition) is 5. The Kier molecular flexibility index (Phi) is 4.07. The van der Waals surface area contributed by atoms with E-state index in [1.54, 1.807) is 6.92 Å². The number of amides is 1. The molecule has 1 unspecified atom stereocenters. The third-order valence-electron chi connectivity index (χ3n) is 2.03. The predicted molar refractivity (Wildman–Crippen MR) is 62.0 cm³/mol. The van der Waals surface area contributed by atoms with Crippen LogP contribution >= 0.6 is 0 Å². The van der Waals surface area contributed by atoms with Crippen molar-refractivity contribution in [3.63, 3.8) is 0 Å². The Morgan fingerprint density at radius 1 is 1.69 bits per heavy atom. The van der Waals surface area contributed by atoms with Crippen molar-refractivity contribution in [2.45, 2.75) is 19.4 Å². The third-order valence-corrected chi connectivity index (χ3v) is 2.03. The van der Waals surface area contributed by atoms with Crippen LogP contribution in [0.5, 0.6) is 0 Å². The number of nitrogens with zero attached hydrogens (tertiary/aromatic N) is 1. The van der Waals surface area contributed by atoms with Gasteiger partial charge in [-0.2, -0.15) is 0 Å². The van der Waals surface area contributed by atoms with E-state index >= 15 is 0 Å². The lowest BCUT2D eigenvalue weighted by atomic mass is 10.2. The third kappa shape index (κ3) is 3.39. The van der Waals surface area contributed by atoms with E-state index in [9.17, 15) is 4.79 Å². The van der Waals surface area contributed by atoms with Crippen LogP contribution in [0.3, 0.4) is 0 Å². The summed E-state index contributed by atoms with van der Waals surface area (Å²) in [5.74, 6) is -0.193. The molecule has 0 saturated carbocycles. The maximum absolute atomic E-state index is 11.1. The van der Waals surface area contributed by atoms with Crippen LogP contribution < -0.4 is 16.8 Å². The number of nitrogen functional groups attached to an aromatic ring is 1. The number of nitrogens with one attached hydrogen (secondary N) is 1. The maximum Gasteiger partial charge on any atom is 0.252 e. The molecule has 0 aromatic carbocycles. The summed E-state index contributed by atoms with van der Waals surface area (Å²) in [6.07, 6.45) is 1.60. The van der Waals surface area contributed by atoms with E-state index in [0.29, 0.717) is 24.5 Å². The van der Waals surface area contributed by atoms with Gasteiger partial charge in [-0.05, 0) is 19.4 Å². The Labute approximate surface area is 93.7 Å². The molecule has 0 radical (unpaired) electrons. The highest BCUT2D eigenvalue weighted by atomic mass is 16.3. The monoisotopic (exact) mass is 224 g/mol. The fraction of sp³-hybridized carbons (Fsp3) is 0.400. The average Bonchev–Trinajstić information content (AvgIpc) is 2.19. The van der Waals surface area contributed by atoms with E-state index in [4.69, 9.17) is 16.6 Å². The first kappa shape index (κ1) is 12.3. The number of rotatable bonds is 5. The Balaban J connectivity index is 2.75. The Bertz CT molecular complexity index is 379. The molecular formula is C10H16N4O2. The predicted octanol–water partition coefficient (Wildman–Crippen LogP) is -0.0545. The lowest BCUT2D eigenvalue weighted by Crippen LogP contribution is -2.17. The molecule has 0 aliphatic heterocycles. The van der Waals surface area contributed by atoms with Crippen LogP contribution in [0.1, 0.15) is 23.7 Å². The molecule has 0 fully saturated rings. The van der Waals surface area contributed by atoms with Gasteiger partial charge in [0.15, 0.2) is 0 Å². The van der Waals surface area contributed by atoms with E-state index in [2.05, 4.69) is 10.3 Å². The topological polar surface area (TPSA) is 114 Å². The van der Waals surface area contributed by atoms with E-state index < -0.39 is 12.0 Å². The molecule has 0 aliphatic carbocycles. The molecule has 6 N–H and O–H groups in total. The summed E-state index contributed by atoms with van der Waals surface area (Å²) in [5.41, 5.74) is 11.3. The minimum atomic E-state index is -0.584. The number of aliphatic hydroxyl groups excluding tert-OH is 1. The minimum Gasteiger partial charge on any atom is -0.397 e. The van der Waals surface area contributed by atoms with Gasteiger partial charge in [-0.25, -0.2) is 4.98 Å². The van der Waals surface area contributed by atoms with Crippen molar-refractivity contribution < 1.29 is 9.90 Å². The summed E-state index contributed by atoms with van der Waals surface area (Å²) in [6.45, 7) is 2.20. The van der Waals surface area contributed by atoms with Crippen molar-refractivity contribution in [1.29, 1.82) is 0 Å². The van der Waals surface area contributed by atoms with Crippen molar-refractivity contribution in [2.24, 2.45) is 5.73 Å². The first-order valence-corrected chi connectivity index (χ1v) is 4.98. The summed E-state index contributed by atoms with van der Waals surface area (Å²) in [7, 11) is 0. The van der Waals surface area contributed by atoms with Crippen LogP contribution in [-0.4, -0.2) is 28.6 Å². The lowest BCUT2D eigenvalue weighted by Gasteiger charge is -2.10. The number of aliphatic hydroxyl groups is 1. The van der Waals surface area contributed by atoms with Crippen molar-refractivity contribution in [1.82, 2.24) is 4.98 Å². The molecule has 1 rings (SSSR count). The van der Waals surface area contributed by atoms with Crippen LogP contribution in [-0.2, 0) is 0 Å². The SMILES string of the molecule is CC(O)CCNc1ncc(N)cc1C(N)=O. The fourth-order valence-corrected chi connectivity index (χ4v) is 1.21. The number of primary amides is 1. The summed E-state index contributed by atoms with van der Waals surface area (Å²) in [5, 5.41) is 12.0. The van der Waals surface area contributed by atoms with Crippen molar-refractivity contribution >= 4 is 17.4 Å². The molecule has 16 heavy (non-hydrogen) atoms. The first-order chi connectivity index (χ1) is 7.50. The first-order valence-electron chi connectivity index (χ1n) is 4.98. The second-order valence-electron chi connectivity index (χ2n) is 3.59. The zero-order chi connectivity index (χ0) is 12.1. The maximum atomic E-state index is 11.1. The van der Waals surface area contributed by atoms with Crippen molar-refractivity contribution in [3.05, 3.63) is 17.8 Å². The molecule has 0 spiro atoms. The Hall–Kier alpha value is -1.82. The molecule has 6 heteroatoms. The van der Waals surface area contributed by atoms with Crippen LogP contribution in [0.25, 0.3) is 0 Å². The molecule has 1 heterocycles. The van der Waals surface area contributed by atoms with Gasteiger partial charge in [-0.3, -0.25) is 4.79 Å². The highest BCUT2D eigenvalue weighted by Gasteiger charge is 2.09. The van der Waals surface area contributed by atoms with Gasteiger partial charge < -0.3 is 21.9 Å². The molecule has 1 amide bonds. The molecule has 6 nitrogen and oxygen atoms in total. The Morgan fingerprint density at radius 2 is 2.38 bits per heavy atom. The molecule has 1 aromatic rings. The average molecular weight is 224 g/mol. The van der Waals surface area contributed by atoms with Gasteiger partial charge >= 0.3 is 0 Å². The van der Waals surface area contributed by atoms with Gasteiger partial charge in [-0.15, -0.1) is 0 Å². The number of aromatic nitrogens is 1. The zero-order valence-electron chi connectivity index (χ0n) is 9.10. The molecule has 88 valence electrons. The molecule has 0 bridgehead atoms. The van der Waals surface area contributed by atoms with Gasteiger partial charge in [0.2, 0.25) is 0 Å². The Morgan fingerprint density at radius 3 is 2.94 bits per heavy atom. The van der Waals surface area contributed by atoms with Crippen LogP contribution in [0.15, 0.2) is 12.3 Å². The number of carbonyl (C=O) groups is 1. The van der Waals surface area contributed by atoms with Crippen LogP contribution in [0.4, 0.5) is 11.5 Å². The van der Waals surface area contributed by atoms with Gasteiger partial charge in [0.05, 0.1) is 23.6 Å². The van der Waals surface area contributed by atoms with E-state index in [1.165, 1.54) is 12.3 Å². The summed E-state index contributed by atoms with van der Waals surface area (Å²) >= 11 is 0. The van der Waals surface area contributed by atoms with Crippen LogP contribution in [0, 0.1) is 0 Å². The quantitative estimate of drug-likeness (QED) is 0.559. The van der Waals surface area contributed by atoms with E-state index in [1.807, 2.05) is 0 Å². The van der Waals surface area contributed by atoms with Crippen molar-refractivity contribution in [2.75, 3.05) is 17.6 Å². The van der Waals surface area contributed by atoms with Gasteiger partial charge in [0.25, 0.3) is 5.91 Å². The number of pyridine rings is 1. The molecular weight excluding hydrogens is 208 g/mol. The standard InChI is InChI=1S/C10H16N4O2/c1-6(15)2-3-13-10-8(9(12)16)4-7(11)5-14-10/h4-6,15H,2-3,11H2,1H3,(H2,12,16)(H,13,14). The zero-order valence-corrected chi connectivity index (χ0v) is 9.10. The van der Waals surface area contributed by atoms with Gasteiger partial charge in [0.1, 0.15) is 5.82 Å². The summed E-state index contributed by atoms with van der Waals surface area (Å²) < 4.78 is 0. The number of carbonyl (C=O) groups excluding carboxylic acids is 1. The molecule has 0 saturated heterocycles. The van der Waals surface area contributed by atoms with E-state index in [-0.39, 0.29) is 5.56 Å². The van der Waals surface area contributed by atoms with Crippen LogP contribution in [0.2, 0.25) is 0 Å². The number of anilines is 2. The highest BCUT2D eigenvalue weighted by molar-refractivity contribution is 5.98. The second kappa shape index (κ2) is 5.32. The number of hydrogen-bond donors (Lipinski definition) is 4. The molecule has 1 aromatic heterocycles. The smallest absolute Gasteiger partial charge is 0.252 e. The normalized spacial score (nSPS) is 12.1. The fourth-order valence-electron chi connectivity index (χ4n) is 1.21. The molecule has 0 aliphatic rings. The second-order valence-corrected chi connectivity index (χ2v) is 3.59. The summed E-state index contributed by atoms with van der Waals surface area (Å²) in [6, 6.07) is 1.47. The molecule has 1 atom stereocenters. The minimum absolute atomic E-state index is 0.255. The lowest BCUT2D eigenvalue weighted by molar-refractivity contribution is 0.100.